The maximum absolute atomic E-state index is 10.9. The number of nitrogens with zero attached hydrogens (tertiary/aromatic N) is 2. The standard InChI is InChI=1S/C8H7N3O/c9-8(12)6-5-10-7-3-1-2-4-11(6)7/h1-5H,(H2,9,12)/i1D. The van der Waals surface area contributed by atoms with Crippen molar-refractivity contribution in [3.8, 4) is 0 Å². The van der Waals surface area contributed by atoms with Crippen LogP contribution in [0.1, 0.15) is 11.9 Å². The first-order valence-electron chi connectivity index (χ1n) is 3.92. The van der Waals surface area contributed by atoms with E-state index in [1.807, 2.05) is 0 Å². The first kappa shape index (κ1) is 5.77. The summed E-state index contributed by atoms with van der Waals surface area (Å²) in [5.41, 5.74) is 6.00. The molecule has 0 bridgehead atoms. The number of hydrogen-bond donors (Lipinski definition) is 1. The van der Waals surface area contributed by atoms with E-state index in [2.05, 4.69) is 4.98 Å². The van der Waals surface area contributed by atoms with Gasteiger partial charge in [0.2, 0.25) is 0 Å². The van der Waals surface area contributed by atoms with Crippen molar-refractivity contribution in [1.82, 2.24) is 9.38 Å². The summed E-state index contributed by atoms with van der Waals surface area (Å²) in [6.07, 6.45) is 3.00. The van der Waals surface area contributed by atoms with Gasteiger partial charge in [0.1, 0.15) is 11.3 Å². The second-order valence-electron chi connectivity index (χ2n) is 2.36. The normalized spacial score (nSPS) is 11.5. The van der Waals surface area contributed by atoms with Crippen molar-refractivity contribution in [3.05, 3.63) is 36.3 Å². The summed E-state index contributed by atoms with van der Waals surface area (Å²) in [6.45, 7) is 0. The van der Waals surface area contributed by atoms with E-state index in [0.717, 1.165) is 0 Å². The molecule has 2 rings (SSSR count). The lowest BCUT2D eigenvalue weighted by Crippen LogP contribution is -2.13. The van der Waals surface area contributed by atoms with Crippen molar-refractivity contribution in [3.63, 3.8) is 0 Å². The Hall–Kier alpha value is -1.84. The molecule has 0 atom stereocenters. The predicted octanol–water partition coefficient (Wildman–Crippen LogP) is 0.433. The van der Waals surface area contributed by atoms with Crippen LogP contribution in [0.4, 0.5) is 0 Å². The van der Waals surface area contributed by atoms with Gasteiger partial charge in [-0.3, -0.25) is 9.20 Å². The third-order valence-corrected chi connectivity index (χ3v) is 1.61. The molecule has 0 aliphatic rings. The van der Waals surface area contributed by atoms with Crippen molar-refractivity contribution in [1.29, 1.82) is 0 Å². The molecule has 0 saturated carbocycles. The fourth-order valence-corrected chi connectivity index (χ4v) is 1.06. The summed E-state index contributed by atoms with van der Waals surface area (Å²) < 4.78 is 8.88. The molecule has 0 aromatic carbocycles. The van der Waals surface area contributed by atoms with Crippen LogP contribution in [-0.4, -0.2) is 15.3 Å². The Morgan fingerprint density at radius 1 is 1.75 bits per heavy atom. The lowest BCUT2D eigenvalue weighted by molar-refractivity contribution is 0.0995. The highest BCUT2D eigenvalue weighted by molar-refractivity contribution is 5.91. The quantitative estimate of drug-likeness (QED) is 0.661. The largest absolute Gasteiger partial charge is 0.364 e. The van der Waals surface area contributed by atoms with Crippen LogP contribution in [0.25, 0.3) is 5.65 Å². The Labute approximate surface area is 70.0 Å². The van der Waals surface area contributed by atoms with Crippen molar-refractivity contribution in [2.24, 2.45) is 5.73 Å². The summed E-state index contributed by atoms with van der Waals surface area (Å²) in [6, 6.07) is 3.49. The number of hydrogen-bond acceptors (Lipinski definition) is 2. The first-order valence-corrected chi connectivity index (χ1v) is 3.42. The molecule has 0 saturated heterocycles. The molecule has 2 aromatic rings. The Kier molecular flexibility index (Phi) is 1.12. The number of carbonyl (C=O) groups is 1. The Balaban J connectivity index is 2.76. The van der Waals surface area contributed by atoms with Gasteiger partial charge in [-0.2, -0.15) is 0 Å². The zero-order chi connectivity index (χ0) is 9.42. The Morgan fingerprint density at radius 2 is 2.58 bits per heavy atom. The number of rotatable bonds is 1. The van der Waals surface area contributed by atoms with Crippen LogP contribution in [-0.2, 0) is 0 Å². The van der Waals surface area contributed by atoms with Gasteiger partial charge in [0.25, 0.3) is 5.91 Å². The van der Waals surface area contributed by atoms with Gasteiger partial charge in [-0.05, 0) is 12.1 Å². The number of fused-ring (bicyclic) bond motifs is 1. The van der Waals surface area contributed by atoms with Crippen molar-refractivity contribution >= 4 is 11.6 Å². The Bertz CT molecular complexity index is 477. The molecule has 60 valence electrons. The molecule has 12 heavy (non-hydrogen) atoms. The Morgan fingerprint density at radius 3 is 3.33 bits per heavy atom. The van der Waals surface area contributed by atoms with Crippen molar-refractivity contribution < 1.29 is 6.17 Å². The zero-order valence-corrected chi connectivity index (χ0v) is 6.19. The number of pyridine rings is 1. The number of primary amides is 1. The summed E-state index contributed by atoms with van der Waals surface area (Å²) in [5, 5.41) is 0. The van der Waals surface area contributed by atoms with Gasteiger partial charge in [-0.25, -0.2) is 4.98 Å². The molecular formula is C8H7N3O. The molecule has 0 aliphatic carbocycles. The molecule has 2 aromatic heterocycles. The zero-order valence-electron chi connectivity index (χ0n) is 7.19. The minimum Gasteiger partial charge on any atom is -0.364 e. The van der Waals surface area contributed by atoms with Gasteiger partial charge in [0.15, 0.2) is 0 Å². The number of amides is 1. The van der Waals surface area contributed by atoms with E-state index in [1.54, 1.807) is 22.7 Å². The third kappa shape index (κ3) is 0.852. The molecule has 2 N–H and O–H groups in total. The fraction of sp³-hybridized carbons (Fsp3) is 0. The summed E-state index contributed by atoms with van der Waals surface area (Å²) >= 11 is 0. The first-order chi connectivity index (χ1) is 6.18. The van der Waals surface area contributed by atoms with E-state index in [-0.39, 0.29) is 0 Å². The average Bonchev–Trinajstić information content (AvgIpc) is 2.46. The number of nitrogens with two attached hydrogens (primary N) is 1. The van der Waals surface area contributed by atoms with Crippen molar-refractivity contribution in [2.75, 3.05) is 0 Å². The van der Waals surface area contributed by atoms with E-state index in [1.165, 1.54) is 6.20 Å². The molecule has 2 heterocycles. The van der Waals surface area contributed by atoms with Gasteiger partial charge < -0.3 is 5.73 Å². The number of aromatic nitrogens is 2. The fourth-order valence-electron chi connectivity index (χ4n) is 1.06. The summed E-state index contributed by atoms with van der Waals surface area (Å²) in [4.78, 5) is 14.8. The van der Waals surface area contributed by atoms with Crippen molar-refractivity contribution in [2.45, 2.75) is 0 Å². The van der Waals surface area contributed by atoms with Crippen LogP contribution >= 0.6 is 0 Å². The van der Waals surface area contributed by atoms with Crippen LogP contribution < -0.4 is 5.73 Å². The molecule has 0 spiro atoms. The van der Waals surface area contributed by atoms with E-state index >= 15 is 0 Å². The topological polar surface area (TPSA) is 60.4 Å². The van der Waals surface area contributed by atoms with E-state index in [4.69, 9.17) is 7.10 Å². The second-order valence-corrected chi connectivity index (χ2v) is 2.36. The van der Waals surface area contributed by atoms with Crippen LogP contribution in [0.15, 0.2) is 30.6 Å². The highest BCUT2D eigenvalue weighted by Gasteiger charge is 2.05. The van der Waals surface area contributed by atoms with Crippen LogP contribution in [0.2, 0.25) is 0 Å². The van der Waals surface area contributed by atoms with Gasteiger partial charge in [0.05, 0.1) is 7.57 Å². The minimum absolute atomic E-state index is 0.329. The smallest absolute Gasteiger partial charge is 0.267 e. The van der Waals surface area contributed by atoms with Gasteiger partial charge >= 0.3 is 0 Å². The van der Waals surface area contributed by atoms with Crippen LogP contribution in [0, 0.1) is 0 Å². The second kappa shape index (κ2) is 2.34. The highest BCUT2D eigenvalue weighted by Crippen LogP contribution is 2.04. The minimum atomic E-state index is -0.523. The molecule has 4 heteroatoms. The van der Waals surface area contributed by atoms with Gasteiger partial charge in [-0.15, -0.1) is 0 Å². The summed E-state index contributed by atoms with van der Waals surface area (Å²) in [5.74, 6) is -0.523. The maximum atomic E-state index is 10.9. The van der Waals surface area contributed by atoms with E-state index in [9.17, 15) is 4.79 Å². The van der Waals surface area contributed by atoms with Gasteiger partial charge in [-0.1, -0.05) is 6.04 Å². The molecule has 4 nitrogen and oxygen atoms in total. The molecule has 0 aliphatic heterocycles. The lowest BCUT2D eigenvalue weighted by atomic mass is 10.4. The monoisotopic (exact) mass is 162 g/mol. The average molecular weight is 162 g/mol. The summed E-state index contributed by atoms with van der Waals surface area (Å²) in [7, 11) is 0. The highest BCUT2D eigenvalue weighted by atomic mass is 16.1. The van der Waals surface area contributed by atoms with Crippen LogP contribution in [0.5, 0.6) is 0 Å². The molecule has 0 unspecified atom stereocenters. The van der Waals surface area contributed by atoms with E-state index < -0.39 is 5.91 Å². The predicted molar refractivity (Wildman–Crippen MR) is 43.7 cm³/mol. The van der Waals surface area contributed by atoms with E-state index in [0.29, 0.717) is 17.4 Å². The number of carbonyl (C=O) groups excluding carboxylic acids is 1. The van der Waals surface area contributed by atoms with Crippen LogP contribution in [0.3, 0.4) is 0 Å². The lowest BCUT2D eigenvalue weighted by Gasteiger charge is -1.94. The maximum Gasteiger partial charge on any atom is 0.267 e. The third-order valence-electron chi connectivity index (χ3n) is 1.61. The molecule has 0 fully saturated rings. The van der Waals surface area contributed by atoms with Gasteiger partial charge in [0, 0.05) is 6.20 Å². The molecule has 1 amide bonds. The SMILES string of the molecule is [2H]c1ccn2c(C(N)=O)cnc2c1. The molecule has 0 radical (unpaired) electrons. The number of imidazole rings is 1. The molecular weight excluding hydrogens is 154 g/mol.